The molecule has 5 nitrogen and oxygen atoms in total. The highest BCUT2D eigenvalue weighted by Gasteiger charge is 2.34. The average Bonchev–Trinajstić information content (AvgIpc) is 2.54. The Morgan fingerprint density at radius 1 is 1.57 bits per heavy atom. The maximum Gasteiger partial charge on any atom is 0.171 e. The first-order valence-electron chi connectivity index (χ1n) is 7.19. The van der Waals surface area contributed by atoms with Crippen LogP contribution in [-0.2, 0) is 9.84 Å². The lowest BCUT2D eigenvalue weighted by Crippen LogP contribution is -2.48. The maximum absolute atomic E-state index is 12.4. The van der Waals surface area contributed by atoms with Gasteiger partial charge >= 0.3 is 0 Å². The number of hydrogen-bond donors (Lipinski definition) is 1. The minimum absolute atomic E-state index is 0.133. The number of sulfone groups is 1. The predicted octanol–water partition coefficient (Wildman–Crippen LogP) is 1.68. The predicted molar refractivity (Wildman–Crippen MR) is 89.6 cm³/mol. The summed E-state index contributed by atoms with van der Waals surface area (Å²) in [6.45, 7) is 4.49. The van der Waals surface area contributed by atoms with Gasteiger partial charge in [-0.05, 0) is 20.0 Å². The van der Waals surface area contributed by atoms with Gasteiger partial charge in [0.15, 0.2) is 9.84 Å². The van der Waals surface area contributed by atoms with Gasteiger partial charge in [-0.15, -0.1) is 0 Å². The summed E-state index contributed by atoms with van der Waals surface area (Å²) in [4.78, 5) is 6.45. The van der Waals surface area contributed by atoms with E-state index in [0.29, 0.717) is 5.75 Å². The first kappa shape index (κ1) is 16.6. The van der Waals surface area contributed by atoms with Crippen LogP contribution in [0.1, 0.15) is 25.5 Å². The van der Waals surface area contributed by atoms with Crippen molar-refractivity contribution >= 4 is 27.4 Å². The first-order valence-corrected chi connectivity index (χ1v) is 10.1. The van der Waals surface area contributed by atoms with Crippen LogP contribution < -0.4 is 10.2 Å². The summed E-state index contributed by atoms with van der Waals surface area (Å²) in [5, 5.41) is 2.73. The molecule has 0 amide bonds. The number of rotatable bonds is 5. The van der Waals surface area contributed by atoms with E-state index in [-0.39, 0.29) is 11.8 Å². The second kappa shape index (κ2) is 6.98. The first-order chi connectivity index (χ1) is 10.0. The summed E-state index contributed by atoms with van der Waals surface area (Å²) in [5.74, 6) is 2.50. The Balaban J connectivity index is 2.43. The van der Waals surface area contributed by atoms with Crippen molar-refractivity contribution in [2.24, 2.45) is 0 Å². The number of anilines is 1. The smallest absolute Gasteiger partial charge is 0.171 e. The highest BCUT2D eigenvalue weighted by Crippen LogP contribution is 2.30. The van der Waals surface area contributed by atoms with E-state index in [2.05, 4.69) is 17.2 Å². The molecule has 0 spiro atoms. The lowest BCUT2D eigenvalue weighted by Gasteiger charge is -2.37. The van der Waals surface area contributed by atoms with E-state index in [1.54, 1.807) is 24.9 Å². The summed E-state index contributed by atoms with van der Waals surface area (Å²) >= 11 is 1.70. The maximum atomic E-state index is 12.4. The molecule has 1 saturated heterocycles. The Kier molecular flexibility index (Phi) is 5.51. The Hall–Kier alpha value is -0.790. The summed E-state index contributed by atoms with van der Waals surface area (Å²) < 4.78 is 24.8. The molecular weight excluding hydrogens is 306 g/mol. The summed E-state index contributed by atoms with van der Waals surface area (Å²) in [6, 6.07) is 4.04. The van der Waals surface area contributed by atoms with Crippen LogP contribution in [0.15, 0.2) is 18.3 Å². The van der Waals surface area contributed by atoms with E-state index >= 15 is 0 Å². The molecule has 2 atom stereocenters. The standard InChI is InChI=1S/C14H23N3O2S2/c1-4-21(18,19)13-10-20-9-8-17(13)14-12(11(2)15-3)6-5-7-16-14/h5-7,11,13,15H,4,8-10H2,1-3H3. The van der Waals surface area contributed by atoms with E-state index in [4.69, 9.17) is 0 Å². The number of nitrogens with zero attached hydrogens (tertiary/aromatic N) is 2. The fourth-order valence-electron chi connectivity index (χ4n) is 2.46. The molecule has 1 aliphatic heterocycles. The molecular formula is C14H23N3O2S2. The Labute approximate surface area is 131 Å². The summed E-state index contributed by atoms with van der Waals surface area (Å²) in [5.41, 5.74) is 1.04. The number of nitrogens with one attached hydrogen (secondary N) is 1. The van der Waals surface area contributed by atoms with Crippen LogP contribution in [0, 0.1) is 0 Å². The van der Waals surface area contributed by atoms with Crippen molar-refractivity contribution in [3.8, 4) is 0 Å². The SMILES string of the molecule is CCS(=O)(=O)C1CSCCN1c1ncccc1C(C)NC. The number of aromatic nitrogens is 1. The van der Waals surface area contributed by atoms with Crippen LogP contribution in [0.3, 0.4) is 0 Å². The molecule has 2 unspecified atom stereocenters. The average molecular weight is 329 g/mol. The molecule has 2 heterocycles. The second-order valence-corrected chi connectivity index (χ2v) is 8.70. The van der Waals surface area contributed by atoms with Crippen molar-refractivity contribution in [2.75, 3.05) is 35.8 Å². The highest BCUT2D eigenvalue weighted by molar-refractivity contribution is 8.01. The van der Waals surface area contributed by atoms with Crippen molar-refractivity contribution in [2.45, 2.75) is 25.3 Å². The van der Waals surface area contributed by atoms with Crippen LogP contribution in [-0.4, -0.2) is 49.6 Å². The minimum Gasteiger partial charge on any atom is -0.338 e. The summed E-state index contributed by atoms with van der Waals surface area (Å²) in [7, 11) is -1.23. The Morgan fingerprint density at radius 3 is 3.00 bits per heavy atom. The molecule has 1 aromatic rings. The topological polar surface area (TPSA) is 62.3 Å². The molecule has 2 rings (SSSR count). The third-order valence-electron chi connectivity index (χ3n) is 3.89. The monoisotopic (exact) mass is 329 g/mol. The minimum atomic E-state index is -3.12. The van der Waals surface area contributed by atoms with Gasteiger partial charge in [0.1, 0.15) is 11.2 Å². The van der Waals surface area contributed by atoms with Crippen LogP contribution >= 0.6 is 11.8 Å². The van der Waals surface area contributed by atoms with Gasteiger partial charge in [-0.3, -0.25) is 0 Å². The van der Waals surface area contributed by atoms with Crippen molar-refractivity contribution in [3.63, 3.8) is 0 Å². The Morgan fingerprint density at radius 2 is 2.33 bits per heavy atom. The van der Waals surface area contributed by atoms with Gasteiger partial charge in [-0.1, -0.05) is 13.0 Å². The molecule has 0 radical (unpaired) electrons. The normalized spacial score (nSPS) is 21.3. The third kappa shape index (κ3) is 3.52. The summed E-state index contributed by atoms with van der Waals surface area (Å²) in [6.07, 6.45) is 1.73. The van der Waals surface area contributed by atoms with Crippen LogP contribution in [0.2, 0.25) is 0 Å². The fourth-order valence-corrected chi connectivity index (χ4v) is 5.43. The van der Waals surface area contributed by atoms with Gasteiger partial charge < -0.3 is 10.2 Å². The molecule has 1 fully saturated rings. The van der Waals surface area contributed by atoms with Crippen molar-refractivity contribution in [1.29, 1.82) is 0 Å². The van der Waals surface area contributed by atoms with E-state index in [9.17, 15) is 8.42 Å². The molecule has 1 N–H and O–H groups in total. The van der Waals surface area contributed by atoms with Crippen LogP contribution in [0.5, 0.6) is 0 Å². The molecule has 118 valence electrons. The fraction of sp³-hybridized carbons (Fsp3) is 0.643. The van der Waals surface area contributed by atoms with E-state index in [1.165, 1.54) is 0 Å². The molecule has 0 aromatic carbocycles. The molecule has 0 bridgehead atoms. The van der Waals surface area contributed by atoms with Gasteiger partial charge in [0.05, 0.1) is 0 Å². The molecule has 7 heteroatoms. The molecule has 0 saturated carbocycles. The van der Waals surface area contributed by atoms with Gasteiger partial charge in [-0.2, -0.15) is 11.8 Å². The molecule has 0 aliphatic carbocycles. The van der Waals surface area contributed by atoms with Crippen LogP contribution in [0.4, 0.5) is 5.82 Å². The van der Waals surface area contributed by atoms with Crippen molar-refractivity contribution in [1.82, 2.24) is 10.3 Å². The molecule has 21 heavy (non-hydrogen) atoms. The second-order valence-electron chi connectivity index (χ2n) is 5.10. The lowest BCUT2D eigenvalue weighted by atomic mass is 10.1. The highest BCUT2D eigenvalue weighted by atomic mass is 32.2. The number of pyridine rings is 1. The zero-order valence-corrected chi connectivity index (χ0v) is 14.4. The van der Waals surface area contributed by atoms with Crippen molar-refractivity contribution < 1.29 is 8.42 Å². The zero-order chi connectivity index (χ0) is 15.5. The Bertz CT molecular complexity index is 577. The lowest BCUT2D eigenvalue weighted by molar-refractivity contribution is 0.576. The van der Waals surface area contributed by atoms with Gasteiger partial charge in [0, 0.05) is 41.6 Å². The molecule has 1 aromatic heterocycles. The quantitative estimate of drug-likeness (QED) is 0.887. The zero-order valence-electron chi connectivity index (χ0n) is 12.7. The van der Waals surface area contributed by atoms with E-state index in [1.807, 2.05) is 24.1 Å². The molecule has 1 aliphatic rings. The van der Waals surface area contributed by atoms with Gasteiger partial charge in [0.2, 0.25) is 0 Å². The van der Waals surface area contributed by atoms with Gasteiger partial charge in [0.25, 0.3) is 0 Å². The number of thioether (sulfide) groups is 1. The van der Waals surface area contributed by atoms with E-state index < -0.39 is 15.2 Å². The van der Waals surface area contributed by atoms with Gasteiger partial charge in [-0.25, -0.2) is 13.4 Å². The third-order valence-corrected chi connectivity index (χ3v) is 7.18. The largest absolute Gasteiger partial charge is 0.338 e. The number of hydrogen-bond acceptors (Lipinski definition) is 6. The van der Waals surface area contributed by atoms with Crippen LogP contribution in [0.25, 0.3) is 0 Å². The van der Waals surface area contributed by atoms with Crippen molar-refractivity contribution in [3.05, 3.63) is 23.9 Å². The van der Waals surface area contributed by atoms with E-state index in [0.717, 1.165) is 23.7 Å².